The van der Waals surface area contributed by atoms with Crippen molar-refractivity contribution in [1.29, 1.82) is 0 Å². The number of carbonyl (C=O) groups excluding carboxylic acids is 1. The SMILES string of the molecule is O=C(NC[C@@H]1C[C@H]2C[C@@H]1C[C@H]2O)c1cc(=O)[nH]cn1. The van der Waals surface area contributed by atoms with Crippen molar-refractivity contribution in [3.63, 3.8) is 0 Å². The van der Waals surface area contributed by atoms with Gasteiger partial charge in [-0.3, -0.25) is 9.59 Å². The highest BCUT2D eigenvalue weighted by Crippen LogP contribution is 2.48. The van der Waals surface area contributed by atoms with Gasteiger partial charge >= 0.3 is 0 Å². The summed E-state index contributed by atoms with van der Waals surface area (Å²) in [6.07, 6.45) is 3.99. The number of carbonyl (C=O) groups is 1. The van der Waals surface area contributed by atoms with E-state index in [0.717, 1.165) is 19.3 Å². The predicted octanol–water partition coefficient (Wildman–Crippen LogP) is -0.0933. The number of rotatable bonds is 3. The van der Waals surface area contributed by atoms with E-state index in [1.54, 1.807) is 0 Å². The van der Waals surface area contributed by atoms with E-state index in [2.05, 4.69) is 15.3 Å². The summed E-state index contributed by atoms with van der Waals surface area (Å²) in [7, 11) is 0. The van der Waals surface area contributed by atoms with Crippen LogP contribution in [0.2, 0.25) is 0 Å². The Kier molecular flexibility index (Phi) is 3.10. The summed E-state index contributed by atoms with van der Waals surface area (Å²) < 4.78 is 0. The third-order valence-corrected chi connectivity index (χ3v) is 4.40. The molecule has 6 nitrogen and oxygen atoms in total. The predicted molar refractivity (Wildman–Crippen MR) is 67.5 cm³/mol. The molecule has 2 fully saturated rings. The first-order chi connectivity index (χ1) is 9.13. The Morgan fingerprint density at radius 2 is 2.26 bits per heavy atom. The summed E-state index contributed by atoms with van der Waals surface area (Å²) in [5, 5.41) is 12.5. The summed E-state index contributed by atoms with van der Waals surface area (Å²) in [4.78, 5) is 29.2. The van der Waals surface area contributed by atoms with Gasteiger partial charge in [0.2, 0.25) is 0 Å². The van der Waals surface area contributed by atoms with Crippen LogP contribution in [0.25, 0.3) is 0 Å². The standard InChI is InChI=1S/C13H17N3O3/c17-11-3-7-1-8(11)2-9(7)5-14-13(19)10-4-12(18)16-6-15-10/h4,6-9,11,17H,1-3,5H2,(H,14,19)(H,15,16,18)/t7-,8-,9+,11-/m1/s1. The van der Waals surface area contributed by atoms with Crippen molar-refractivity contribution >= 4 is 5.91 Å². The molecular weight excluding hydrogens is 246 g/mol. The smallest absolute Gasteiger partial charge is 0.270 e. The zero-order valence-corrected chi connectivity index (χ0v) is 10.5. The lowest BCUT2D eigenvalue weighted by Gasteiger charge is -2.24. The molecule has 0 aromatic carbocycles. The van der Waals surface area contributed by atoms with Gasteiger partial charge in [-0.25, -0.2) is 4.98 Å². The molecule has 0 saturated heterocycles. The van der Waals surface area contributed by atoms with Gasteiger partial charge in [-0.15, -0.1) is 0 Å². The molecule has 4 atom stereocenters. The number of aliphatic hydroxyl groups is 1. The van der Waals surface area contributed by atoms with Crippen molar-refractivity contribution in [2.24, 2.45) is 17.8 Å². The lowest BCUT2D eigenvalue weighted by Crippen LogP contribution is -2.34. The van der Waals surface area contributed by atoms with Gasteiger partial charge in [0.25, 0.3) is 11.5 Å². The van der Waals surface area contributed by atoms with E-state index < -0.39 is 0 Å². The maximum Gasteiger partial charge on any atom is 0.270 e. The van der Waals surface area contributed by atoms with Crippen LogP contribution in [0, 0.1) is 17.8 Å². The van der Waals surface area contributed by atoms with Crippen molar-refractivity contribution in [3.8, 4) is 0 Å². The second-order valence-corrected chi connectivity index (χ2v) is 5.56. The molecule has 1 heterocycles. The molecule has 6 heteroatoms. The lowest BCUT2D eigenvalue weighted by molar-refractivity contribution is 0.0870. The highest BCUT2D eigenvalue weighted by molar-refractivity contribution is 5.92. The van der Waals surface area contributed by atoms with E-state index in [-0.39, 0.29) is 23.3 Å². The summed E-state index contributed by atoms with van der Waals surface area (Å²) in [5.74, 6) is 1.06. The van der Waals surface area contributed by atoms with Crippen LogP contribution in [0.15, 0.2) is 17.2 Å². The number of hydrogen-bond donors (Lipinski definition) is 3. The van der Waals surface area contributed by atoms with E-state index in [1.165, 1.54) is 12.4 Å². The second kappa shape index (κ2) is 4.77. The van der Waals surface area contributed by atoms with Gasteiger partial charge in [-0.2, -0.15) is 0 Å². The minimum Gasteiger partial charge on any atom is -0.393 e. The van der Waals surface area contributed by atoms with Crippen molar-refractivity contribution < 1.29 is 9.90 Å². The lowest BCUT2D eigenvalue weighted by atomic mass is 9.87. The number of amides is 1. The van der Waals surface area contributed by atoms with Crippen LogP contribution in [0.3, 0.4) is 0 Å². The fraction of sp³-hybridized carbons (Fsp3) is 0.615. The number of aromatic nitrogens is 2. The Bertz CT molecular complexity index is 540. The van der Waals surface area contributed by atoms with Crippen molar-refractivity contribution in [3.05, 3.63) is 28.4 Å². The molecule has 3 rings (SSSR count). The van der Waals surface area contributed by atoms with Crippen LogP contribution >= 0.6 is 0 Å². The molecule has 2 aliphatic rings. The number of aliphatic hydroxyl groups excluding tert-OH is 1. The topological polar surface area (TPSA) is 95.1 Å². The molecule has 2 aliphatic carbocycles. The van der Waals surface area contributed by atoms with Crippen LogP contribution < -0.4 is 10.9 Å². The zero-order valence-electron chi connectivity index (χ0n) is 10.5. The molecule has 19 heavy (non-hydrogen) atoms. The fourth-order valence-electron chi connectivity index (χ4n) is 3.42. The normalized spacial score (nSPS) is 32.5. The van der Waals surface area contributed by atoms with Gasteiger partial charge in [0.15, 0.2) is 0 Å². The molecule has 0 radical (unpaired) electrons. The zero-order chi connectivity index (χ0) is 13.4. The number of fused-ring (bicyclic) bond motifs is 2. The van der Waals surface area contributed by atoms with E-state index in [9.17, 15) is 14.7 Å². The molecule has 102 valence electrons. The number of nitrogens with zero attached hydrogens (tertiary/aromatic N) is 1. The summed E-state index contributed by atoms with van der Waals surface area (Å²) in [6, 6.07) is 1.19. The average Bonchev–Trinajstić information content (AvgIpc) is 2.94. The van der Waals surface area contributed by atoms with E-state index in [4.69, 9.17) is 0 Å². The fourth-order valence-corrected chi connectivity index (χ4v) is 3.42. The number of hydrogen-bond acceptors (Lipinski definition) is 4. The molecule has 0 aliphatic heterocycles. The monoisotopic (exact) mass is 263 g/mol. The molecule has 2 bridgehead atoms. The summed E-state index contributed by atoms with van der Waals surface area (Å²) >= 11 is 0. The second-order valence-electron chi connectivity index (χ2n) is 5.56. The van der Waals surface area contributed by atoms with Gasteiger partial charge in [-0.1, -0.05) is 0 Å². The van der Waals surface area contributed by atoms with Gasteiger partial charge in [0, 0.05) is 12.6 Å². The van der Waals surface area contributed by atoms with E-state index in [0.29, 0.717) is 24.3 Å². The third kappa shape index (κ3) is 2.40. The Morgan fingerprint density at radius 1 is 1.42 bits per heavy atom. The molecule has 1 aromatic rings. The van der Waals surface area contributed by atoms with Gasteiger partial charge in [0.1, 0.15) is 5.69 Å². The Morgan fingerprint density at radius 3 is 2.89 bits per heavy atom. The van der Waals surface area contributed by atoms with Crippen molar-refractivity contribution in [2.45, 2.75) is 25.4 Å². The molecule has 0 unspecified atom stereocenters. The van der Waals surface area contributed by atoms with E-state index in [1.807, 2.05) is 0 Å². The molecule has 0 spiro atoms. The maximum atomic E-state index is 11.8. The Hall–Kier alpha value is -1.69. The Balaban J connectivity index is 1.56. The average molecular weight is 263 g/mol. The van der Waals surface area contributed by atoms with Gasteiger partial charge in [0.05, 0.1) is 12.4 Å². The van der Waals surface area contributed by atoms with Crippen LogP contribution in [0.4, 0.5) is 0 Å². The molecule has 3 N–H and O–H groups in total. The van der Waals surface area contributed by atoms with Crippen LogP contribution in [-0.2, 0) is 0 Å². The van der Waals surface area contributed by atoms with Crippen LogP contribution in [-0.4, -0.2) is 33.6 Å². The number of aromatic amines is 1. The molecule has 2 saturated carbocycles. The largest absolute Gasteiger partial charge is 0.393 e. The van der Waals surface area contributed by atoms with Crippen LogP contribution in [0.1, 0.15) is 29.8 Å². The first-order valence-electron chi connectivity index (χ1n) is 6.64. The summed E-state index contributed by atoms with van der Waals surface area (Å²) in [6.45, 7) is 0.598. The third-order valence-electron chi connectivity index (χ3n) is 4.40. The first kappa shape index (κ1) is 12.3. The van der Waals surface area contributed by atoms with Gasteiger partial charge in [-0.05, 0) is 37.0 Å². The van der Waals surface area contributed by atoms with Crippen molar-refractivity contribution in [1.82, 2.24) is 15.3 Å². The number of H-pyrrole nitrogens is 1. The minimum absolute atomic E-state index is 0.145. The van der Waals surface area contributed by atoms with Crippen molar-refractivity contribution in [2.75, 3.05) is 6.54 Å². The highest BCUT2D eigenvalue weighted by atomic mass is 16.3. The molecular formula is C13H17N3O3. The van der Waals surface area contributed by atoms with Gasteiger partial charge < -0.3 is 15.4 Å². The quantitative estimate of drug-likeness (QED) is 0.710. The van der Waals surface area contributed by atoms with E-state index >= 15 is 0 Å². The maximum absolute atomic E-state index is 11.8. The minimum atomic E-state index is -0.330. The summed E-state index contributed by atoms with van der Waals surface area (Å²) in [5.41, 5.74) is -0.185. The highest BCUT2D eigenvalue weighted by Gasteiger charge is 2.44. The molecule has 1 aromatic heterocycles. The Labute approximate surface area is 110 Å². The molecule has 1 amide bonds. The first-order valence-corrected chi connectivity index (χ1v) is 6.64. The number of nitrogens with one attached hydrogen (secondary N) is 2. The van der Waals surface area contributed by atoms with Crippen LogP contribution in [0.5, 0.6) is 0 Å².